The highest BCUT2D eigenvalue weighted by Gasteiger charge is 2.30. The maximum absolute atomic E-state index is 11.5. The van der Waals surface area contributed by atoms with Crippen molar-refractivity contribution in [2.75, 3.05) is 13.1 Å². The van der Waals surface area contributed by atoms with E-state index in [9.17, 15) is 4.79 Å². The topological polar surface area (TPSA) is 59.2 Å². The van der Waals surface area contributed by atoms with Crippen molar-refractivity contribution in [1.29, 1.82) is 0 Å². The molecule has 1 aliphatic rings. The van der Waals surface area contributed by atoms with Gasteiger partial charge >= 0.3 is 0 Å². The summed E-state index contributed by atoms with van der Waals surface area (Å²) in [5.41, 5.74) is 0. The Bertz CT molecular complexity index is 350. The monoisotopic (exact) mass is 223 g/mol. The molecule has 0 amide bonds. The maximum Gasteiger partial charge on any atom is 0.213 e. The number of piperidine rings is 1. The molecule has 1 aliphatic heterocycles. The average Bonchev–Trinajstić information content (AvgIpc) is 2.78. The summed E-state index contributed by atoms with van der Waals surface area (Å²) in [6.45, 7) is 5.85. The number of aromatic nitrogens is 2. The van der Waals surface area contributed by atoms with Gasteiger partial charge in [0, 0.05) is 37.9 Å². The molecule has 5 nitrogen and oxygen atoms in total. The Labute approximate surface area is 94.8 Å². The number of Topliss-reactive ketones (excluding diaryl/α,β-unsaturated/α-hetero) is 1. The minimum Gasteiger partial charge on any atom is -0.343 e. The molecule has 0 bridgehead atoms. The molecule has 2 unspecified atom stereocenters. The number of rotatable bonds is 3. The molecule has 1 aromatic heterocycles. The zero-order valence-electron chi connectivity index (χ0n) is 9.72. The first-order valence-electron chi connectivity index (χ1n) is 5.70. The lowest BCUT2D eigenvalue weighted by Gasteiger charge is -2.36. The molecular formula is C11H17N3O2. The van der Waals surface area contributed by atoms with Crippen LogP contribution in [0.3, 0.4) is 0 Å². The predicted molar refractivity (Wildman–Crippen MR) is 57.8 cm³/mol. The van der Waals surface area contributed by atoms with Crippen LogP contribution >= 0.6 is 0 Å². The van der Waals surface area contributed by atoms with E-state index in [1.165, 1.54) is 6.39 Å². The summed E-state index contributed by atoms with van der Waals surface area (Å²) in [4.78, 5) is 17.8. The van der Waals surface area contributed by atoms with Gasteiger partial charge in [0.25, 0.3) is 0 Å². The quantitative estimate of drug-likeness (QED) is 0.762. The second-order valence-electron chi connectivity index (χ2n) is 4.38. The molecule has 0 saturated carbocycles. The van der Waals surface area contributed by atoms with Crippen LogP contribution in [0.4, 0.5) is 0 Å². The van der Waals surface area contributed by atoms with E-state index in [4.69, 9.17) is 0 Å². The Morgan fingerprint density at radius 1 is 1.56 bits per heavy atom. The fraction of sp³-hybridized carbons (Fsp3) is 0.727. The first-order valence-corrected chi connectivity index (χ1v) is 5.70. The highest BCUT2D eigenvalue weighted by molar-refractivity contribution is 5.82. The van der Waals surface area contributed by atoms with E-state index in [-0.39, 0.29) is 5.92 Å². The summed E-state index contributed by atoms with van der Waals surface area (Å²) in [6, 6.07) is 0.313. The molecule has 16 heavy (non-hydrogen) atoms. The van der Waals surface area contributed by atoms with Crippen LogP contribution < -0.4 is 0 Å². The van der Waals surface area contributed by atoms with Gasteiger partial charge < -0.3 is 4.52 Å². The van der Waals surface area contributed by atoms with Crippen LogP contribution in [0.1, 0.15) is 26.1 Å². The molecule has 1 saturated heterocycles. The highest BCUT2D eigenvalue weighted by atomic mass is 16.5. The lowest BCUT2D eigenvalue weighted by atomic mass is 9.90. The predicted octanol–water partition coefficient (Wildman–Crippen LogP) is 0.911. The number of hydrogen-bond acceptors (Lipinski definition) is 5. The fourth-order valence-corrected chi connectivity index (χ4v) is 2.13. The molecule has 1 fully saturated rings. The average molecular weight is 223 g/mol. The van der Waals surface area contributed by atoms with E-state index in [0.717, 1.165) is 25.3 Å². The standard InChI is InChI=1S/C11H17N3O2/c1-8-9(2)14(5-3-10(8)15)6-4-11-12-7-16-13-11/h7-9H,3-6H2,1-2H3. The smallest absolute Gasteiger partial charge is 0.213 e. The van der Waals surface area contributed by atoms with Crippen LogP contribution in [0.2, 0.25) is 0 Å². The van der Waals surface area contributed by atoms with Crippen molar-refractivity contribution in [3.8, 4) is 0 Å². The van der Waals surface area contributed by atoms with Crippen LogP contribution in [0, 0.1) is 5.92 Å². The Morgan fingerprint density at radius 3 is 3.06 bits per heavy atom. The van der Waals surface area contributed by atoms with Gasteiger partial charge in [-0.05, 0) is 6.92 Å². The first kappa shape index (κ1) is 11.3. The molecule has 0 spiro atoms. The second-order valence-corrected chi connectivity index (χ2v) is 4.38. The van der Waals surface area contributed by atoms with Crippen LogP contribution in [-0.4, -0.2) is 40.0 Å². The first-order chi connectivity index (χ1) is 7.68. The lowest BCUT2D eigenvalue weighted by Crippen LogP contribution is -2.47. The van der Waals surface area contributed by atoms with Crippen molar-refractivity contribution >= 4 is 5.78 Å². The van der Waals surface area contributed by atoms with Crippen molar-refractivity contribution in [3.05, 3.63) is 12.2 Å². The number of hydrogen-bond donors (Lipinski definition) is 0. The summed E-state index contributed by atoms with van der Waals surface area (Å²) < 4.78 is 4.69. The molecule has 2 rings (SSSR count). The Hall–Kier alpha value is -1.23. The lowest BCUT2D eigenvalue weighted by molar-refractivity contribution is -0.127. The van der Waals surface area contributed by atoms with Crippen LogP contribution in [0.5, 0.6) is 0 Å². The molecule has 88 valence electrons. The van der Waals surface area contributed by atoms with Crippen molar-refractivity contribution in [2.24, 2.45) is 5.92 Å². The van der Waals surface area contributed by atoms with Crippen LogP contribution in [0.25, 0.3) is 0 Å². The van der Waals surface area contributed by atoms with E-state index in [1.54, 1.807) is 0 Å². The van der Waals surface area contributed by atoms with Gasteiger partial charge in [-0.25, -0.2) is 0 Å². The van der Waals surface area contributed by atoms with E-state index < -0.39 is 0 Å². The normalized spacial score (nSPS) is 27.2. The number of carbonyl (C=O) groups excluding carboxylic acids is 1. The van der Waals surface area contributed by atoms with Crippen molar-refractivity contribution < 1.29 is 9.32 Å². The molecule has 0 radical (unpaired) electrons. The third-order valence-electron chi connectivity index (χ3n) is 3.48. The van der Waals surface area contributed by atoms with Gasteiger partial charge in [0.05, 0.1) is 0 Å². The van der Waals surface area contributed by atoms with Gasteiger partial charge in [0.1, 0.15) is 5.78 Å². The number of nitrogens with zero attached hydrogens (tertiary/aromatic N) is 3. The fourth-order valence-electron chi connectivity index (χ4n) is 2.13. The van der Waals surface area contributed by atoms with Crippen molar-refractivity contribution in [2.45, 2.75) is 32.7 Å². The van der Waals surface area contributed by atoms with E-state index in [1.807, 2.05) is 6.92 Å². The van der Waals surface area contributed by atoms with E-state index in [2.05, 4.69) is 26.5 Å². The largest absolute Gasteiger partial charge is 0.343 e. The summed E-state index contributed by atoms with van der Waals surface area (Å²) in [6.07, 6.45) is 2.79. The zero-order valence-corrected chi connectivity index (χ0v) is 9.72. The molecule has 0 N–H and O–H groups in total. The highest BCUT2D eigenvalue weighted by Crippen LogP contribution is 2.19. The van der Waals surface area contributed by atoms with Gasteiger partial charge in [-0.15, -0.1) is 0 Å². The molecule has 2 heterocycles. The molecular weight excluding hydrogens is 206 g/mol. The second kappa shape index (κ2) is 4.74. The van der Waals surface area contributed by atoms with Crippen LogP contribution in [0.15, 0.2) is 10.9 Å². The van der Waals surface area contributed by atoms with Gasteiger partial charge in [-0.3, -0.25) is 9.69 Å². The summed E-state index contributed by atoms with van der Waals surface area (Å²) >= 11 is 0. The number of carbonyl (C=O) groups is 1. The number of ketones is 1. The molecule has 2 atom stereocenters. The molecule has 0 aromatic carbocycles. The Morgan fingerprint density at radius 2 is 2.38 bits per heavy atom. The van der Waals surface area contributed by atoms with E-state index >= 15 is 0 Å². The van der Waals surface area contributed by atoms with Gasteiger partial charge in [-0.1, -0.05) is 12.1 Å². The number of likely N-dealkylation sites (tertiary alicyclic amines) is 1. The van der Waals surface area contributed by atoms with Gasteiger partial charge in [-0.2, -0.15) is 4.98 Å². The minimum absolute atomic E-state index is 0.138. The van der Waals surface area contributed by atoms with Crippen molar-refractivity contribution in [3.63, 3.8) is 0 Å². The molecule has 0 aliphatic carbocycles. The van der Waals surface area contributed by atoms with Gasteiger partial charge in [0.2, 0.25) is 6.39 Å². The molecule has 5 heteroatoms. The van der Waals surface area contributed by atoms with E-state index in [0.29, 0.717) is 18.2 Å². The molecule has 1 aromatic rings. The summed E-state index contributed by atoms with van der Waals surface area (Å²) in [7, 11) is 0. The zero-order chi connectivity index (χ0) is 11.5. The maximum atomic E-state index is 11.5. The summed E-state index contributed by atoms with van der Waals surface area (Å²) in [5.74, 6) is 1.25. The third-order valence-corrected chi connectivity index (χ3v) is 3.48. The Balaban J connectivity index is 1.88. The minimum atomic E-state index is 0.138. The van der Waals surface area contributed by atoms with Crippen LogP contribution in [-0.2, 0) is 11.2 Å². The van der Waals surface area contributed by atoms with Crippen molar-refractivity contribution in [1.82, 2.24) is 15.0 Å². The Kier molecular flexibility index (Phi) is 3.33. The SMILES string of the molecule is CC1C(=O)CCN(CCc2ncon2)C1C. The summed E-state index contributed by atoms with van der Waals surface area (Å²) in [5, 5.41) is 3.78. The van der Waals surface area contributed by atoms with Gasteiger partial charge in [0.15, 0.2) is 5.82 Å². The third kappa shape index (κ3) is 2.29.